The highest BCUT2D eigenvalue weighted by Crippen LogP contribution is 2.02. The third kappa shape index (κ3) is 23.0. The molecule has 1 fully saturated rings. The van der Waals surface area contributed by atoms with E-state index in [1.807, 2.05) is 0 Å². The first-order valence-electron chi connectivity index (χ1n) is 5.22. The van der Waals surface area contributed by atoms with Gasteiger partial charge in [0.1, 0.15) is 0 Å². The summed E-state index contributed by atoms with van der Waals surface area (Å²) in [5.74, 6) is -0.609. The molecule has 4 N–H and O–H groups in total. The highest BCUT2D eigenvalue weighted by Gasteiger charge is 2.03. The quantitative estimate of drug-likeness (QED) is 0.501. The Bertz CT molecular complexity index is 168. The van der Waals surface area contributed by atoms with E-state index >= 15 is 0 Å². The average molecular weight is 235 g/mol. The number of carbonyl (C=O) groups excluding carboxylic acids is 1. The van der Waals surface area contributed by atoms with E-state index in [9.17, 15) is 4.79 Å². The van der Waals surface area contributed by atoms with Crippen LogP contribution in [-0.2, 0) is 9.59 Å². The van der Waals surface area contributed by atoms with Crippen molar-refractivity contribution in [3.63, 3.8) is 0 Å². The Labute approximate surface area is 95.3 Å². The molecule has 96 valence electrons. The third-order valence-corrected chi connectivity index (χ3v) is 1.50. The number of hydrogen-bond acceptors (Lipinski definition) is 4. The summed E-state index contributed by atoms with van der Waals surface area (Å²) in [6.07, 6.45) is 4.18. The molecule has 0 aromatic rings. The summed E-state index contributed by atoms with van der Waals surface area (Å²) in [5.41, 5.74) is 0. The number of nitrogens with one attached hydrogen (secondary N) is 1. The molecule has 6 heteroatoms. The van der Waals surface area contributed by atoms with Gasteiger partial charge in [0.2, 0.25) is 5.91 Å². The molecule has 1 aliphatic rings. The second-order valence-corrected chi connectivity index (χ2v) is 3.13. The predicted octanol–water partition coefficient (Wildman–Crippen LogP) is -0.261. The van der Waals surface area contributed by atoms with Crippen molar-refractivity contribution in [2.24, 2.45) is 0 Å². The molecule has 0 atom stereocenters. The summed E-state index contributed by atoms with van der Waals surface area (Å²) in [6.45, 7) is 1.72. The molecule has 1 saturated heterocycles. The zero-order chi connectivity index (χ0) is 12.8. The number of aliphatic hydroxyl groups is 2. The number of hydrogen-bond donors (Lipinski definition) is 4. The highest BCUT2D eigenvalue weighted by molar-refractivity contribution is 5.75. The Hall–Kier alpha value is -1.14. The molecular formula is C10H21NO5. The fraction of sp³-hybridized carbons (Fsp3) is 0.800. The zero-order valence-electron chi connectivity index (χ0n) is 9.61. The van der Waals surface area contributed by atoms with Crippen molar-refractivity contribution < 1.29 is 24.9 Å². The molecule has 1 rings (SSSR count). The average Bonchev–Trinajstić information content (AvgIpc) is 2.45. The maximum atomic E-state index is 10.6. The molecule has 1 amide bonds. The van der Waals surface area contributed by atoms with Crippen LogP contribution in [0, 0.1) is 0 Å². The lowest BCUT2D eigenvalue weighted by Gasteiger charge is -1.93. The van der Waals surface area contributed by atoms with E-state index in [0.717, 1.165) is 32.7 Å². The van der Waals surface area contributed by atoms with Crippen LogP contribution in [0.5, 0.6) is 0 Å². The van der Waals surface area contributed by atoms with Crippen molar-refractivity contribution in [1.29, 1.82) is 0 Å². The lowest BCUT2D eigenvalue weighted by Crippen LogP contribution is -2.21. The van der Waals surface area contributed by atoms with Crippen molar-refractivity contribution in [1.82, 2.24) is 5.32 Å². The van der Waals surface area contributed by atoms with E-state index in [-0.39, 0.29) is 19.1 Å². The maximum Gasteiger partial charge on any atom is 0.300 e. The van der Waals surface area contributed by atoms with Crippen LogP contribution in [0.2, 0.25) is 0 Å². The molecule has 0 saturated carbocycles. The Kier molecular flexibility index (Phi) is 15.0. The van der Waals surface area contributed by atoms with Crippen LogP contribution < -0.4 is 5.32 Å². The van der Waals surface area contributed by atoms with Crippen LogP contribution >= 0.6 is 0 Å². The Morgan fingerprint density at radius 3 is 2.19 bits per heavy atom. The van der Waals surface area contributed by atoms with Crippen molar-refractivity contribution in [2.45, 2.75) is 32.6 Å². The third-order valence-electron chi connectivity index (χ3n) is 1.50. The van der Waals surface area contributed by atoms with Crippen LogP contribution in [0.1, 0.15) is 32.6 Å². The molecule has 1 heterocycles. The smallest absolute Gasteiger partial charge is 0.300 e. The first-order valence-corrected chi connectivity index (χ1v) is 5.22. The van der Waals surface area contributed by atoms with Gasteiger partial charge in [-0.2, -0.15) is 0 Å². The second-order valence-electron chi connectivity index (χ2n) is 3.13. The van der Waals surface area contributed by atoms with Crippen LogP contribution in [0.25, 0.3) is 0 Å². The van der Waals surface area contributed by atoms with Crippen LogP contribution in [0.4, 0.5) is 0 Å². The summed E-state index contributed by atoms with van der Waals surface area (Å²) >= 11 is 0. The minimum Gasteiger partial charge on any atom is -0.481 e. The Balaban J connectivity index is 0. The van der Waals surface area contributed by atoms with Crippen LogP contribution in [0.15, 0.2) is 0 Å². The van der Waals surface area contributed by atoms with E-state index in [0.29, 0.717) is 0 Å². The van der Waals surface area contributed by atoms with E-state index in [4.69, 9.17) is 20.1 Å². The molecule has 0 bridgehead atoms. The monoisotopic (exact) mass is 235 g/mol. The summed E-state index contributed by atoms with van der Waals surface area (Å²) in [5, 5.41) is 25.5. The van der Waals surface area contributed by atoms with Gasteiger partial charge in [-0.25, -0.2) is 0 Å². The number of carboxylic acids is 1. The highest BCUT2D eigenvalue weighted by atomic mass is 16.4. The standard InChI is InChI=1S/C6H11NO.C2H4O2.C2H6O2/c8-6-4-2-1-3-5-7-6;1-2(3)4;3-1-2-4/h1-5H2,(H,7,8);1H3,(H,3,4);3-4H,1-2H2. The van der Waals surface area contributed by atoms with Gasteiger partial charge in [-0.05, 0) is 12.8 Å². The fourth-order valence-corrected chi connectivity index (χ4v) is 0.904. The van der Waals surface area contributed by atoms with Gasteiger partial charge < -0.3 is 20.6 Å². The van der Waals surface area contributed by atoms with Gasteiger partial charge >= 0.3 is 0 Å². The molecule has 0 aliphatic carbocycles. The number of amides is 1. The van der Waals surface area contributed by atoms with Crippen molar-refractivity contribution in [3.8, 4) is 0 Å². The maximum absolute atomic E-state index is 10.6. The van der Waals surface area contributed by atoms with E-state index in [1.54, 1.807) is 0 Å². The lowest BCUT2D eigenvalue weighted by molar-refractivity contribution is -0.134. The van der Waals surface area contributed by atoms with Crippen molar-refractivity contribution in [2.75, 3.05) is 19.8 Å². The molecule has 16 heavy (non-hydrogen) atoms. The topological polar surface area (TPSA) is 107 Å². The molecule has 1 aliphatic heterocycles. The summed E-state index contributed by atoms with van der Waals surface area (Å²) in [4.78, 5) is 19.6. The SMILES string of the molecule is CC(=O)O.O=C1CCCCCN1.OCCO. The largest absolute Gasteiger partial charge is 0.481 e. The van der Waals surface area contributed by atoms with E-state index < -0.39 is 5.97 Å². The molecular weight excluding hydrogens is 214 g/mol. The normalized spacial score (nSPS) is 14.3. The molecule has 0 spiro atoms. The molecule has 6 nitrogen and oxygen atoms in total. The molecule has 0 aromatic carbocycles. The Morgan fingerprint density at radius 1 is 1.25 bits per heavy atom. The first-order chi connectivity index (χ1) is 7.54. The van der Waals surface area contributed by atoms with Crippen LogP contribution in [0.3, 0.4) is 0 Å². The summed E-state index contributed by atoms with van der Waals surface area (Å²) in [7, 11) is 0. The second kappa shape index (κ2) is 13.9. The van der Waals surface area contributed by atoms with E-state index in [1.165, 1.54) is 6.42 Å². The van der Waals surface area contributed by atoms with Crippen molar-refractivity contribution in [3.05, 3.63) is 0 Å². The number of aliphatic carboxylic acids is 1. The van der Waals surface area contributed by atoms with Crippen LogP contribution in [-0.4, -0.2) is 47.0 Å². The van der Waals surface area contributed by atoms with Gasteiger partial charge in [-0.15, -0.1) is 0 Å². The molecule has 0 unspecified atom stereocenters. The van der Waals surface area contributed by atoms with E-state index in [2.05, 4.69) is 5.32 Å². The molecule has 0 radical (unpaired) electrons. The number of rotatable bonds is 1. The van der Waals surface area contributed by atoms with Crippen molar-refractivity contribution >= 4 is 11.9 Å². The van der Waals surface area contributed by atoms with Gasteiger partial charge in [0.15, 0.2) is 0 Å². The summed E-state index contributed by atoms with van der Waals surface area (Å²) < 4.78 is 0. The lowest BCUT2D eigenvalue weighted by atomic mass is 10.2. The minimum atomic E-state index is -0.833. The van der Waals surface area contributed by atoms with Gasteiger partial charge in [0.25, 0.3) is 5.97 Å². The number of carboxylic acid groups (broad SMARTS) is 1. The predicted molar refractivity (Wildman–Crippen MR) is 59.0 cm³/mol. The fourth-order valence-electron chi connectivity index (χ4n) is 0.904. The number of carbonyl (C=O) groups is 2. The number of aliphatic hydroxyl groups excluding tert-OH is 2. The summed E-state index contributed by atoms with van der Waals surface area (Å²) in [6, 6.07) is 0. The minimum absolute atomic E-state index is 0.125. The molecule has 0 aromatic heterocycles. The van der Waals surface area contributed by atoms with Gasteiger partial charge in [0, 0.05) is 19.9 Å². The van der Waals surface area contributed by atoms with Gasteiger partial charge in [0.05, 0.1) is 13.2 Å². The van der Waals surface area contributed by atoms with Gasteiger partial charge in [-0.1, -0.05) is 6.42 Å². The Morgan fingerprint density at radius 2 is 1.75 bits per heavy atom. The first kappa shape index (κ1) is 17.3. The van der Waals surface area contributed by atoms with Gasteiger partial charge in [-0.3, -0.25) is 9.59 Å². The zero-order valence-corrected chi connectivity index (χ0v) is 9.61.